The number of rotatable bonds is 2. The van der Waals surface area contributed by atoms with Crippen LogP contribution in [0.15, 0.2) is 28.7 Å². The Morgan fingerprint density at radius 2 is 1.82 bits per heavy atom. The van der Waals surface area contributed by atoms with E-state index in [1.165, 1.54) is 18.4 Å². The minimum atomic E-state index is 0.218. The van der Waals surface area contributed by atoms with Gasteiger partial charge in [-0.3, -0.25) is 4.79 Å². The predicted molar refractivity (Wildman–Crippen MR) is 70.5 cm³/mol. The highest BCUT2D eigenvalue weighted by molar-refractivity contribution is 9.10. The number of hydrogen-bond acceptors (Lipinski definition) is 1. The van der Waals surface area contributed by atoms with Crippen LogP contribution in [0.3, 0.4) is 0 Å². The van der Waals surface area contributed by atoms with Gasteiger partial charge in [-0.25, -0.2) is 0 Å². The normalized spacial score (nSPS) is 28.9. The Kier molecular flexibility index (Phi) is 2.95. The summed E-state index contributed by atoms with van der Waals surface area (Å²) in [6, 6.07) is 8.51. The Hall–Kier alpha value is -0.830. The van der Waals surface area contributed by atoms with Crippen molar-refractivity contribution in [2.24, 2.45) is 11.8 Å². The molecular formula is C14H16BrNO. The van der Waals surface area contributed by atoms with Crippen molar-refractivity contribution in [1.29, 1.82) is 0 Å². The van der Waals surface area contributed by atoms with E-state index in [2.05, 4.69) is 33.4 Å². The fraction of sp³-hybridized carbons (Fsp3) is 0.500. The molecule has 1 aliphatic carbocycles. The summed E-state index contributed by atoms with van der Waals surface area (Å²) in [5.41, 5.74) is 1.23. The van der Waals surface area contributed by atoms with Crippen LogP contribution in [-0.4, -0.2) is 5.91 Å². The molecule has 1 heterocycles. The fourth-order valence-electron chi connectivity index (χ4n) is 2.78. The molecule has 1 aliphatic heterocycles. The van der Waals surface area contributed by atoms with Gasteiger partial charge in [0.2, 0.25) is 5.91 Å². The van der Waals surface area contributed by atoms with Crippen LogP contribution in [0.4, 0.5) is 0 Å². The van der Waals surface area contributed by atoms with Crippen molar-refractivity contribution < 1.29 is 4.79 Å². The number of carbonyl (C=O) groups excluding carboxylic acids is 1. The minimum Gasteiger partial charge on any atom is -0.349 e. The molecule has 0 unspecified atom stereocenters. The first-order valence-corrected chi connectivity index (χ1v) is 7.06. The smallest absolute Gasteiger partial charge is 0.220 e. The third-order valence-electron chi connectivity index (χ3n) is 3.88. The van der Waals surface area contributed by atoms with Gasteiger partial charge >= 0.3 is 0 Å². The third kappa shape index (κ3) is 2.54. The molecule has 0 spiro atoms. The summed E-state index contributed by atoms with van der Waals surface area (Å²) in [5.74, 6) is 1.65. The second-order valence-corrected chi connectivity index (χ2v) is 6.12. The van der Waals surface area contributed by atoms with Crippen molar-refractivity contribution >= 4 is 21.8 Å². The van der Waals surface area contributed by atoms with Gasteiger partial charge in [0.05, 0.1) is 6.04 Å². The quantitative estimate of drug-likeness (QED) is 0.889. The summed E-state index contributed by atoms with van der Waals surface area (Å²) in [6.07, 6.45) is 4.49. The lowest BCUT2D eigenvalue weighted by Crippen LogP contribution is -2.37. The van der Waals surface area contributed by atoms with Crippen LogP contribution >= 0.6 is 15.9 Å². The molecule has 1 amide bonds. The van der Waals surface area contributed by atoms with E-state index < -0.39 is 0 Å². The van der Waals surface area contributed by atoms with Gasteiger partial charge in [-0.05, 0) is 48.8 Å². The molecule has 1 N–H and O–H groups in total. The molecule has 2 nitrogen and oxygen atoms in total. The van der Waals surface area contributed by atoms with Gasteiger partial charge in [0.1, 0.15) is 0 Å². The van der Waals surface area contributed by atoms with Crippen molar-refractivity contribution in [3.8, 4) is 0 Å². The number of carbonyl (C=O) groups is 1. The first-order valence-electron chi connectivity index (χ1n) is 6.27. The van der Waals surface area contributed by atoms with Crippen molar-refractivity contribution in [1.82, 2.24) is 5.32 Å². The van der Waals surface area contributed by atoms with E-state index in [1.54, 1.807) is 0 Å². The monoisotopic (exact) mass is 293 g/mol. The number of piperidine rings is 1. The van der Waals surface area contributed by atoms with Gasteiger partial charge in [-0.1, -0.05) is 28.1 Å². The molecule has 17 heavy (non-hydrogen) atoms. The van der Waals surface area contributed by atoms with E-state index in [1.807, 2.05) is 12.1 Å². The van der Waals surface area contributed by atoms with Crippen LogP contribution in [-0.2, 0) is 4.79 Å². The van der Waals surface area contributed by atoms with E-state index in [4.69, 9.17) is 0 Å². The molecule has 0 bridgehead atoms. The minimum absolute atomic E-state index is 0.218. The summed E-state index contributed by atoms with van der Waals surface area (Å²) in [4.78, 5) is 11.7. The fourth-order valence-corrected chi connectivity index (χ4v) is 3.04. The van der Waals surface area contributed by atoms with Crippen LogP contribution in [0.2, 0.25) is 0 Å². The van der Waals surface area contributed by atoms with Gasteiger partial charge in [-0.15, -0.1) is 0 Å². The predicted octanol–water partition coefficient (Wildman–Crippen LogP) is 3.43. The third-order valence-corrected chi connectivity index (χ3v) is 4.41. The van der Waals surface area contributed by atoms with Crippen molar-refractivity contribution in [2.75, 3.05) is 0 Å². The SMILES string of the molecule is O=C1C[C@@H](C2CC2)C[C@@H](c2ccc(Br)cc2)N1. The van der Waals surface area contributed by atoms with Crippen molar-refractivity contribution in [2.45, 2.75) is 31.7 Å². The van der Waals surface area contributed by atoms with Crippen LogP contribution in [0, 0.1) is 11.8 Å². The van der Waals surface area contributed by atoms with Crippen LogP contribution in [0.5, 0.6) is 0 Å². The second-order valence-electron chi connectivity index (χ2n) is 5.21. The average Bonchev–Trinajstić information content (AvgIpc) is 3.13. The lowest BCUT2D eigenvalue weighted by atomic mass is 9.85. The lowest BCUT2D eigenvalue weighted by molar-refractivity contribution is -0.125. The Labute approximate surface area is 110 Å². The molecule has 3 heteroatoms. The van der Waals surface area contributed by atoms with Gasteiger partial charge in [-0.2, -0.15) is 0 Å². The van der Waals surface area contributed by atoms with Crippen molar-refractivity contribution in [3.05, 3.63) is 34.3 Å². The molecule has 2 atom stereocenters. The zero-order valence-electron chi connectivity index (χ0n) is 9.66. The largest absolute Gasteiger partial charge is 0.349 e. The maximum atomic E-state index is 11.7. The Morgan fingerprint density at radius 3 is 2.47 bits per heavy atom. The lowest BCUT2D eigenvalue weighted by Gasteiger charge is -2.30. The van der Waals surface area contributed by atoms with E-state index in [0.717, 1.165) is 23.2 Å². The van der Waals surface area contributed by atoms with Gasteiger partial charge in [0.25, 0.3) is 0 Å². The molecule has 90 valence electrons. The molecule has 2 aliphatic rings. The Morgan fingerprint density at radius 1 is 1.12 bits per heavy atom. The van der Waals surface area contributed by atoms with Crippen LogP contribution < -0.4 is 5.32 Å². The number of amides is 1. The van der Waals surface area contributed by atoms with Crippen molar-refractivity contribution in [3.63, 3.8) is 0 Å². The molecule has 1 aromatic rings. The number of halogens is 1. The number of nitrogens with one attached hydrogen (secondary N) is 1. The van der Waals surface area contributed by atoms with Crippen LogP contribution in [0.1, 0.15) is 37.3 Å². The summed E-state index contributed by atoms with van der Waals surface area (Å²) >= 11 is 3.44. The number of hydrogen-bond donors (Lipinski definition) is 1. The highest BCUT2D eigenvalue weighted by Gasteiger charge is 2.37. The summed E-state index contributed by atoms with van der Waals surface area (Å²) < 4.78 is 1.09. The van der Waals surface area contributed by atoms with Gasteiger partial charge in [0.15, 0.2) is 0 Å². The molecule has 2 fully saturated rings. The Bertz CT molecular complexity index is 424. The first kappa shape index (κ1) is 11.3. The van der Waals surface area contributed by atoms with Crippen LogP contribution in [0.25, 0.3) is 0 Å². The molecule has 0 aromatic heterocycles. The summed E-state index contributed by atoms with van der Waals surface area (Å²) in [5, 5.41) is 3.11. The Balaban J connectivity index is 1.77. The van der Waals surface area contributed by atoms with E-state index in [9.17, 15) is 4.79 Å². The zero-order valence-corrected chi connectivity index (χ0v) is 11.2. The summed E-state index contributed by atoms with van der Waals surface area (Å²) in [6.45, 7) is 0. The summed E-state index contributed by atoms with van der Waals surface area (Å²) in [7, 11) is 0. The molecular weight excluding hydrogens is 278 g/mol. The average molecular weight is 294 g/mol. The molecule has 0 radical (unpaired) electrons. The molecule has 1 aromatic carbocycles. The second kappa shape index (κ2) is 4.45. The topological polar surface area (TPSA) is 29.1 Å². The molecule has 1 saturated heterocycles. The van der Waals surface area contributed by atoms with E-state index in [-0.39, 0.29) is 11.9 Å². The molecule has 1 saturated carbocycles. The first-order chi connectivity index (χ1) is 8.22. The maximum Gasteiger partial charge on any atom is 0.220 e. The standard InChI is InChI=1S/C14H16BrNO/c15-12-5-3-10(4-6-12)13-7-11(9-1-2-9)8-14(17)16-13/h3-6,9,11,13H,1-2,7-8H2,(H,16,17)/t11-,13-/m0/s1. The zero-order chi connectivity index (χ0) is 11.8. The number of benzene rings is 1. The van der Waals surface area contributed by atoms with E-state index >= 15 is 0 Å². The van der Waals surface area contributed by atoms with Gasteiger partial charge < -0.3 is 5.32 Å². The van der Waals surface area contributed by atoms with E-state index in [0.29, 0.717) is 5.92 Å². The maximum absolute atomic E-state index is 11.7. The highest BCUT2D eigenvalue weighted by atomic mass is 79.9. The van der Waals surface area contributed by atoms with Gasteiger partial charge in [0, 0.05) is 10.9 Å². The highest BCUT2D eigenvalue weighted by Crippen LogP contribution is 2.44. The molecule has 3 rings (SSSR count).